The molecule has 0 saturated carbocycles. The van der Waals surface area contributed by atoms with Crippen LogP contribution in [0.3, 0.4) is 0 Å². The molecule has 0 aromatic heterocycles. The smallest absolute Gasteiger partial charge is 0.128 e. The summed E-state index contributed by atoms with van der Waals surface area (Å²) in [5.41, 5.74) is 0.329. The largest absolute Gasteiger partial charge is 0.254 e. The summed E-state index contributed by atoms with van der Waals surface area (Å²) in [7, 11) is 0. The van der Waals surface area contributed by atoms with Crippen LogP contribution in [-0.4, -0.2) is 4.75 Å². The first-order valence-corrected chi connectivity index (χ1v) is 6.24. The molecular formula is C13H20FNS. The summed E-state index contributed by atoms with van der Waals surface area (Å²) < 4.78 is 17.1. The van der Waals surface area contributed by atoms with Gasteiger partial charge in [0.2, 0.25) is 0 Å². The highest BCUT2D eigenvalue weighted by Crippen LogP contribution is 2.29. The van der Waals surface area contributed by atoms with Crippen molar-refractivity contribution < 1.29 is 4.39 Å². The Bertz CT molecular complexity index is 355. The fraction of sp³-hybridized carbons (Fsp3) is 0.538. The highest BCUT2D eigenvalue weighted by molar-refractivity contribution is 7.98. The molecular weight excluding hydrogens is 221 g/mol. The molecule has 0 radical (unpaired) electrons. The molecule has 0 bridgehead atoms. The first-order chi connectivity index (χ1) is 7.22. The summed E-state index contributed by atoms with van der Waals surface area (Å²) in [4.78, 5) is 0. The van der Waals surface area contributed by atoms with Crippen molar-refractivity contribution in [2.75, 3.05) is 0 Å². The van der Waals surface area contributed by atoms with Crippen LogP contribution >= 0.6 is 11.9 Å². The van der Waals surface area contributed by atoms with Crippen LogP contribution in [0.15, 0.2) is 24.3 Å². The Balaban J connectivity index is 2.82. The zero-order chi connectivity index (χ0) is 12.4. The molecule has 1 aromatic rings. The van der Waals surface area contributed by atoms with Crippen LogP contribution in [0.1, 0.15) is 40.2 Å². The fourth-order valence-electron chi connectivity index (χ4n) is 1.30. The lowest BCUT2D eigenvalue weighted by molar-refractivity contribution is 0.468. The Morgan fingerprint density at radius 3 is 2.12 bits per heavy atom. The van der Waals surface area contributed by atoms with E-state index in [0.29, 0.717) is 5.56 Å². The van der Waals surface area contributed by atoms with Gasteiger partial charge in [0.25, 0.3) is 0 Å². The summed E-state index contributed by atoms with van der Waals surface area (Å²) in [6, 6.07) is 6.90. The normalized spacial score (nSPS) is 12.9. The first-order valence-electron chi connectivity index (χ1n) is 5.42. The van der Waals surface area contributed by atoms with Gasteiger partial charge in [0.15, 0.2) is 0 Å². The second-order valence-electron chi connectivity index (χ2n) is 5.42. The van der Waals surface area contributed by atoms with Crippen LogP contribution in [0, 0.1) is 5.82 Å². The van der Waals surface area contributed by atoms with E-state index in [1.54, 1.807) is 18.0 Å². The summed E-state index contributed by atoms with van der Waals surface area (Å²) in [6.07, 6.45) is 0. The lowest BCUT2D eigenvalue weighted by Crippen LogP contribution is -2.35. The van der Waals surface area contributed by atoms with E-state index in [1.165, 1.54) is 6.07 Å². The van der Waals surface area contributed by atoms with Crippen LogP contribution in [-0.2, 0) is 5.54 Å². The van der Waals surface area contributed by atoms with Crippen LogP contribution in [0.2, 0.25) is 0 Å². The lowest BCUT2D eigenvalue weighted by Gasteiger charge is -2.30. The van der Waals surface area contributed by atoms with Gasteiger partial charge in [-0.3, -0.25) is 4.72 Å². The van der Waals surface area contributed by atoms with E-state index in [1.807, 2.05) is 26.0 Å². The summed E-state index contributed by atoms with van der Waals surface area (Å²) in [5.74, 6) is -0.158. The Kier molecular flexibility index (Phi) is 4.02. The number of rotatable bonds is 3. The second-order valence-corrected chi connectivity index (χ2v) is 7.05. The number of nitrogens with one attached hydrogen (secondary N) is 1. The van der Waals surface area contributed by atoms with Gasteiger partial charge in [-0.15, -0.1) is 0 Å². The Morgan fingerprint density at radius 1 is 1.06 bits per heavy atom. The van der Waals surface area contributed by atoms with Crippen LogP contribution < -0.4 is 4.72 Å². The van der Waals surface area contributed by atoms with Crippen LogP contribution in [0.5, 0.6) is 0 Å². The van der Waals surface area contributed by atoms with Crippen LogP contribution in [0.25, 0.3) is 0 Å². The monoisotopic (exact) mass is 241 g/mol. The predicted molar refractivity (Wildman–Crippen MR) is 69.9 cm³/mol. The number of hydrogen-bond donors (Lipinski definition) is 1. The predicted octanol–water partition coefficient (Wildman–Crippen LogP) is 4.10. The van der Waals surface area contributed by atoms with E-state index in [-0.39, 0.29) is 16.1 Å². The van der Waals surface area contributed by atoms with E-state index in [9.17, 15) is 4.39 Å². The van der Waals surface area contributed by atoms with Crippen molar-refractivity contribution in [2.45, 2.75) is 44.9 Å². The van der Waals surface area contributed by atoms with E-state index in [4.69, 9.17) is 0 Å². The molecule has 0 spiro atoms. The average Bonchev–Trinajstić information content (AvgIpc) is 2.14. The maximum absolute atomic E-state index is 13.7. The molecule has 1 N–H and O–H groups in total. The maximum atomic E-state index is 13.7. The molecule has 1 aromatic carbocycles. The minimum absolute atomic E-state index is 0.114. The van der Waals surface area contributed by atoms with Gasteiger partial charge in [-0.25, -0.2) is 4.39 Å². The fourth-order valence-corrected chi connectivity index (χ4v) is 1.98. The van der Waals surface area contributed by atoms with Gasteiger partial charge in [0, 0.05) is 10.3 Å². The zero-order valence-corrected chi connectivity index (χ0v) is 11.4. The molecule has 3 heteroatoms. The van der Waals surface area contributed by atoms with Gasteiger partial charge in [0.1, 0.15) is 5.82 Å². The van der Waals surface area contributed by atoms with Crippen molar-refractivity contribution in [3.8, 4) is 0 Å². The lowest BCUT2D eigenvalue weighted by atomic mass is 9.95. The van der Waals surface area contributed by atoms with Crippen molar-refractivity contribution in [3.63, 3.8) is 0 Å². The highest BCUT2D eigenvalue weighted by atomic mass is 32.2. The molecule has 0 aliphatic rings. The summed E-state index contributed by atoms with van der Waals surface area (Å²) >= 11 is 1.63. The van der Waals surface area contributed by atoms with Gasteiger partial charge >= 0.3 is 0 Å². The molecule has 0 amide bonds. The molecule has 0 heterocycles. The van der Waals surface area contributed by atoms with Gasteiger partial charge in [-0.05, 0) is 40.7 Å². The molecule has 1 rings (SSSR count). The maximum Gasteiger partial charge on any atom is 0.128 e. The van der Waals surface area contributed by atoms with Gasteiger partial charge in [0.05, 0.1) is 5.54 Å². The topological polar surface area (TPSA) is 12.0 Å². The molecule has 0 unspecified atom stereocenters. The molecule has 0 fully saturated rings. The molecule has 1 nitrogen and oxygen atoms in total. The molecule has 0 aliphatic heterocycles. The average molecular weight is 241 g/mol. The van der Waals surface area contributed by atoms with E-state index in [2.05, 4.69) is 25.5 Å². The van der Waals surface area contributed by atoms with Gasteiger partial charge < -0.3 is 0 Å². The summed E-state index contributed by atoms with van der Waals surface area (Å²) in [5, 5.41) is 0. The van der Waals surface area contributed by atoms with Gasteiger partial charge in [-0.2, -0.15) is 0 Å². The van der Waals surface area contributed by atoms with Crippen LogP contribution in [0.4, 0.5) is 4.39 Å². The van der Waals surface area contributed by atoms with Crippen molar-refractivity contribution in [1.82, 2.24) is 4.72 Å². The second kappa shape index (κ2) is 4.76. The van der Waals surface area contributed by atoms with Crippen molar-refractivity contribution in [1.29, 1.82) is 0 Å². The number of halogens is 1. The third-order valence-corrected chi connectivity index (χ3v) is 3.38. The van der Waals surface area contributed by atoms with E-state index < -0.39 is 0 Å². The van der Waals surface area contributed by atoms with Gasteiger partial charge in [-0.1, -0.05) is 30.1 Å². The Hall–Kier alpha value is -0.540. The number of hydrogen-bond acceptors (Lipinski definition) is 2. The van der Waals surface area contributed by atoms with E-state index >= 15 is 0 Å². The third kappa shape index (κ3) is 3.80. The van der Waals surface area contributed by atoms with E-state index in [0.717, 1.165) is 0 Å². The minimum atomic E-state index is -0.372. The first kappa shape index (κ1) is 13.5. The van der Waals surface area contributed by atoms with Crippen molar-refractivity contribution in [3.05, 3.63) is 35.6 Å². The Morgan fingerprint density at radius 2 is 1.62 bits per heavy atom. The quantitative estimate of drug-likeness (QED) is 0.800. The minimum Gasteiger partial charge on any atom is -0.254 e. The molecule has 0 atom stereocenters. The summed E-state index contributed by atoms with van der Waals surface area (Å²) in [6.45, 7) is 10.4. The highest BCUT2D eigenvalue weighted by Gasteiger charge is 2.25. The third-order valence-electron chi connectivity index (χ3n) is 2.16. The SMILES string of the molecule is CC(C)(C)SNC(C)(C)c1ccccc1F. The molecule has 16 heavy (non-hydrogen) atoms. The van der Waals surface area contributed by atoms with Crippen molar-refractivity contribution >= 4 is 11.9 Å². The Labute approximate surface area is 102 Å². The standard InChI is InChI=1S/C13H20FNS/c1-12(2,3)16-15-13(4,5)10-8-6-7-9-11(10)14/h6-9,15H,1-5H3. The number of benzene rings is 1. The zero-order valence-electron chi connectivity index (χ0n) is 10.6. The van der Waals surface area contributed by atoms with Crippen molar-refractivity contribution in [2.24, 2.45) is 0 Å². The molecule has 90 valence electrons. The molecule has 0 saturated heterocycles. The molecule has 0 aliphatic carbocycles.